The van der Waals surface area contributed by atoms with E-state index in [0.29, 0.717) is 11.3 Å². The largest absolute Gasteiger partial charge is 0.475 e. The number of aryl methyl sites for hydroxylation is 2. The molecular formula is C20H20N4O5S. The maximum atomic E-state index is 12.4. The molecule has 0 radical (unpaired) electrons. The summed E-state index contributed by atoms with van der Waals surface area (Å²) < 4.78 is 32.7. The summed E-state index contributed by atoms with van der Waals surface area (Å²) in [4.78, 5) is 10.1. The molecule has 1 heterocycles. The van der Waals surface area contributed by atoms with Crippen LogP contribution in [0.1, 0.15) is 11.1 Å². The molecule has 0 amide bonds. The molecule has 0 aliphatic rings. The fraction of sp³-hybridized carbons (Fsp3) is 0.200. The number of nitrogens with one attached hydrogen (secondary N) is 1. The van der Waals surface area contributed by atoms with Crippen LogP contribution in [0.25, 0.3) is 11.3 Å². The lowest BCUT2D eigenvalue weighted by Gasteiger charge is -2.10. The predicted molar refractivity (Wildman–Crippen MR) is 111 cm³/mol. The molecule has 3 aromatic rings. The van der Waals surface area contributed by atoms with Crippen molar-refractivity contribution >= 4 is 15.7 Å². The highest BCUT2D eigenvalue weighted by Crippen LogP contribution is 2.21. The normalized spacial score (nSPS) is 11.3. The third kappa shape index (κ3) is 5.16. The summed E-state index contributed by atoms with van der Waals surface area (Å²) in [6.45, 7) is 3.55. The van der Waals surface area contributed by atoms with Gasteiger partial charge in [0.15, 0.2) is 0 Å². The molecule has 1 N–H and O–H groups in total. The van der Waals surface area contributed by atoms with Crippen LogP contribution in [0.2, 0.25) is 0 Å². The lowest BCUT2D eigenvalue weighted by molar-refractivity contribution is -0.385. The molecule has 0 saturated carbocycles. The second-order valence-corrected chi connectivity index (χ2v) is 8.31. The highest BCUT2D eigenvalue weighted by atomic mass is 32.2. The monoisotopic (exact) mass is 428 g/mol. The zero-order chi connectivity index (χ0) is 21.7. The Morgan fingerprint density at radius 2 is 1.77 bits per heavy atom. The summed E-state index contributed by atoms with van der Waals surface area (Å²) in [6.07, 6.45) is 0. The van der Waals surface area contributed by atoms with Gasteiger partial charge in [0, 0.05) is 30.3 Å². The Labute approximate surface area is 173 Å². The molecule has 0 saturated heterocycles. The molecule has 0 aliphatic carbocycles. The van der Waals surface area contributed by atoms with Crippen molar-refractivity contribution in [1.29, 1.82) is 0 Å². The fourth-order valence-electron chi connectivity index (χ4n) is 2.68. The lowest BCUT2D eigenvalue weighted by atomic mass is 10.1. The van der Waals surface area contributed by atoms with Crippen LogP contribution in [-0.4, -0.2) is 36.7 Å². The van der Waals surface area contributed by atoms with Gasteiger partial charge in [-0.1, -0.05) is 35.9 Å². The maximum absolute atomic E-state index is 12.4. The second kappa shape index (κ2) is 8.97. The van der Waals surface area contributed by atoms with E-state index in [-0.39, 0.29) is 29.6 Å². The predicted octanol–water partition coefficient (Wildman–Crippen LogP) is 3.03. The van der Waals surface area contributed by atoms with Gasteiger partial charge in [-0.25, -0.2) is 13.1 Å². The van der Waals surface area contributed by atoms with Gasteiger partial charge < -0.3 is 4.74 Å². The molecule has 9 nitrogen and oxygen atoms in total. The number of benzene rings is 2. The van der Waals surface area contributed by atoms with Crippen molar-refractivity contribution in [2.45, 2.75) is 18.7 Å². The summed E-state index contributed by atoms with van der Waals surface area (Å²) >= 11 is 0. The number of non-ortho nitro benzene ring substituents is 1. The van der Waals surface area contributed by atoms with E-state index in [0.717, 1.165) is 17.2 Å². The van der Waals surface area contributed by atoms with E-state index in [2.05, 4.69) is 14.9 Å². The molecule has 2 aromatic carbocycles. The number of aromatic nitrogens is 2. The highest BCUT2D eigenvalue weighted by molar-refractivity contribution is 7.89. The Hall–Kier alpha value is -3.37. The van der Waals surface area contributed by atoms with Crippen LogP contribution in [0.4, 0.5) is 5.69 Å². The molecule has 0 bridgehead atoms. The molecule has 0 spiro atoms. The SMILES string of the molecule is Cc1ccc(-c2ccc(OCCNS(=O)(=O)c3cc([N+](=O)[O-])ccc3C)nn2)cc1. The van der Waals surface area contributed by atoms with Crippen molar-refractivity contribution in [2.24, 2.45) is 0 Å². The molecule has 1 aromatic heterocycles. The van der Waals surface area contributed by atoms with Crippen LogP contribution in [0.15, 0.2) is 59.5 Å². The van der Waals surface area contributed by atoms with Gasteiger partial charge in [0.25, 0.3) is 5.69 Å². The van der Waals surface area contributed by atoms with Crippen molar-refractivity contribution in [2.75, 3.05) is 13.2 Å². The van der Waals surface area contributed by atoms with Gasteiger partial charge in [0.1, 0.15) is 6.61 Å². The third-order valence-corrected chi connectivity index (χ3v) is 5.91. The summed E-state index contributed by atoms with van der Waals surface area (Å²) in [7, 11) is -3.92. The average molecular weight is 428 g/mol. The molecule has 0 atom stereocenters. The number of nitro benzene ring substituents is 1. The summed E-state index contributed by atoms with van der Waals surface area (Å²) in [5.74, 6) is 0.261. The van der Waals surface area contributed by atoms with Crippen molar-refractivity contribution in [3.63, 3.8) is 0 Å². The van der Waals surface area contributed by atoms with Crippen molar-refractivity contribution < 1.29 is 18.1 Å². The fourth-order valence-corrected chi connectivity index (χ4v) is 3.95. The number of hydrogen-bond donors (Lipinski definition) is 1. The molecule has 0 fully saturated rings. The Morgan fingerprint density at radius 3 is 2.40 bits per heavy atom. The van der Waals surface area contributed by atoms with E-state index in [1.54, 1.807) is 19.1 Å². The summed E-state index contributed by atoms with van der Waals surface area (Å²) in [5, 5.41) is 19.0. The Bertz CT molecular complexity index is 1150. The molecular weight excluding hydrogens is 408 g/mol. The maximum Gasteiger partial charge on any atom is 0.270 e. The third-order valence-electron chi connectivity index (χ3n) is 4.30. The second-order valence-electron chi connectivity index (χ2n) is 6.58. The van der Waals surface area contributed by atoms with Gasteiger partial charge in [-0.2, -0.15) is 0 Å². The topological polar surface area (TPSA) is 124 Å². The van der Waals surface area contributed by atoms with E-state index >= 15 is 0 Å². The van der Waals surface area contributed by atoms with E-state index in [1.807, 2.05) is 31.2 Å². The average Bonchev–Trinajstić information content (AvgIpc) is 2.72. The first-order chi connectivity index (χ1) is 14.3. The Balaban J connectivity index is 1.57. The van der Waals surface area contributed by atoms with Crippen molar-refractivity contribution in [3.05, 3.63) is 75.8 Å². The van der Waals surface area contributed by atoms with Crippen LogP contribution in [0.5, 0.6) is 5.88 Å². The van der Waals surface area contributed by atoms with E-state index in [4.69, 9.17) is 4.74 Å². The lowest BCUT2D eigenvalue weighted by Crippen LogP contribution is -2.29. The number of ether oxygens (including phenoxy) is 1. The van der Waals surface area contributed by atoms with Crippen molar-refractivity contribution in [1.82, 2.24) is 14.9 Å². The molecule has 10 heteroatoms. The number of hydrogen-bond acceptors (Lipinski definition) is 7. The van der Waals surface area contributed by atoms with Crippen LogP contribution >= 0.6 is 0 Å². The number of nitrogens with zero attached hydrogens (tertiary/aromatic N) is 3. The summed E-state index contributed by atoms with van der Waals surface area (Å²) in [6, 6.07) is 15.0. The molecule has 0 unspecified atom stereocenters. The van der Waals surface area contributed by atoms with Gasteiger partial charge in [-0.05, 0) is 25.5 Å². The van der Waals surface area contributed by atoms with Gasteiger partial charge in [0.05, 0.1) is 15.5 Å². The van der Waals surface area contributed by atoms with Gasteiger partial charge in [0.2, 0.25) is 15.9 Å². The number of nitro groups is 1. The molecule has 0 aliphatic heterocycles. The highest BCUT2D eigenvalue weighted by Gasteiger charge is 2.20. The molecule has 3 rings (SSSR count). The zero-order valence-electron chi connectivity index (χ0n) is 16.4. The Morgan fingerprint density at radius 1 is 1.03 bits per heavy atom. The van der Waals surface area contributed by atoms with E-state index < -0.39 is 14.9 Å². The minimum absolute atomic E-state index is 0.0196. The minimum Gasteiger partial charge on any atom is -0.475 e. The van der Waals surface area contributed by atoms with Crippen LogP contribution in [-0.2, 0) is 10.0 Å². The first-order valence-electron chi connectivity index (χ1n) is 9.04. The minimum atomic E-state index is -3.92. The van der Waals surface area contributed by atoms with Crippen LogP contribution < -0.4 is 9.46 Å². The van der Waals surface area contributed by atoms with Gasteiger partial charge >= 0.3 is 0 Å². The standard InChI is InChI=1S/C20H20N4O5S/c1-14-3-6-16(7-4-14)18-9-10-20(23-22-18)29-12-11-21-30(27,28)19-13-17(24(25)26)8-5-15(19)2/h3-10,13,21H,11-12H2,1-2H3. The van der Waals surface area contributed by atoms with Gasteiger partial charge in [-0.3, -0.25) is 10.1 Å². The quantitative estimate of drug-likeness (QED) is 0.332. The first kappa shape index (κ1) is 21.3. The van der Waals surface area contributed by atoms with E-state index in [1.165, 1.54) is 12.1 Å². The van der Waals surface area contributed by atoms with Crippen molar-refractivity contribution in [3.8, 4) is 17.1 Å². The number of sulfonamides is 1. The smallest absolute Gasteiger partial charge is 0.270 e. The van der Waals surface area contributed by atoms with E-state index in [9.17, 15) is 18.5 Å². The van der Waals surface area contributed by atoms with Gasteiger partial charge in [-0.15, -0.1) is 10.2 Å². The molecule has 30 heavy (non-hydrogen) atoms. The molecule has 156 valence electrons. The summed E-state index contributed by atoms with van der Waals surface area (Å²) in [5.41, 5.74) is 2.89. The first-order valence-corrected chi connectivity index (χ1v) is 10.5. The number of rotatable bonds is 8. The van der Waals surface area contributed by atoms with Crippen LogP contribution in [0.3, 0.4) is 0 Å². The zero-order valence-corrected chi connectivity index (χ0v) is 17.2. The van der Waals surface area contributed by atoms with Crippen LogP contribution in [0, 0.1) is 24.0 Å². The Kier molecular flexibility index (Phi) is 6.38.